The SMILES string of the molecule is CC(NC(=O)CSc1nnc(-c2ccc(Cl)cc2)n1N)C1CC2CCC1C2. The van der Waals surface area contributed by atoms with Crippen molar-refractivity contribution in [1.82, 2.24) is 20.2 Å². The van der Waals surface area contributed by atoms with Crippen LogP contribution in [0.4, 0.5) is 0 Å². The molecule has 2 aromatic rings. The number of amides is 1. The van der Waals surface area contributed by atoms with E-state index < -0.39 is 0 Å². The number of hydrogen-bond donors (Lipinski definition) is 2. The highest BCUT2D eigenvalue weighted by atomic mass is 35.5. The Hall–Kier alpha value is -1.73. The van der Waals surface area contributed by atoms with Gasteiger partial charge in [0, 0.05) is 16.6 Å². The highest BCUT2D eigenvalue weighted by Crippen LogP contribution is 2.49. The molecule has 0 radical (unpaired) electrons. The Kier molecular flexibility index (Phi) is 5.32. The van der Waals surface area contributed by atoms with Crippen molar-refractivity contribution in [2.24, 2.45) is 17.8 Å². The lowest BCUT2D eigenvalue weighted by molar-refractivity contribution is -0.119. The molecule has 1 aromatic heterocycles. The van der Waals surface area contributed by atoms with E-state index in [0.29, 0.717) is 21.9 Å². The van der Waals surface area contributed by atoms with Gasteiger partial charge >= 0.3 is 0 Å². The Morgan fingerprint density at radius 2 is 2.11 bits per heavy atom. The van der Waals surface area contributed by atoms with E-state index in [-0.39, 0.29) is 17.7 Å². The molecule has 0 spiro atoms. The third-order valence-electron chi connectivity index (χ3n) is 5.92. The molecule has 2 aliphatic rings. The molecule has 27 heavy (non-hydrogen) atoms. The Labute approximate surface area is 168 Å². The van der Waals surface area contributed by atoms with E-state index in [1.807, 2.05) is 12.1 Å². The topological polar surface area (TPSA) is 85.8 Å². The number of rotatable bonds is 6. The summed E-state index contributed by atoms with van der Waals surface area (Å²) in [6, 6.07) is 7.47. The van der Waals surface area contributed by atoms with Gasteiger partial charge < -0.3 is 11.2 Å². The van der Waals surface area contributed by atoms with E-state index in [9.17, 15) is 4.79 Å². The summed E-state index contributed by atoms with van der Waals surface area (Å²) in [5.41, 5.74) is 0.829. The van der Waals surface area contributed by atoms with E-state index in [1.54, 1.807) is 12.1 Å². The van der Waals surface area contributed by atoms with E-state index in [2.05, 4.69) is 22.4 Å². The van der Waals surface area contributed by atoms with Gasteiger partial charge in [0.2, 0.25) is 11.1 Å². The molecule has 1 amide bonds. The highest BCUT2D eigenvalue weighted by Gasteiger charge is 2.42. The van der Waals surface area contributed by atoms with Crippen molar-refractivity contribution in [3.05, 3.63) is 29.3 Å². The summed E-state index contributed by atoms with van der Waals surface area (Å²) in [6.45, 7) is 2.14. The molecule has 4 unspecified atom stereocenters. The summed E-state index contributed by atoms with van der Waals surface area (Å²) < 4.78 is 1.42. The molecule has 2 bridgehead atoms. The number of carbonyl (C=O) groups is 1. The molecule has 3 N–H and O–H groups in total. The monoisotopic (exact) mass is 405 g/mol. The molecule has 1 heterocycles. The Bertz CT molecular complexity index is 824. The molecule has 0 saturated heterocycles. The first-order valence-corrected chi connectivity index (χ1v) is 10.8. The van der Waals surface area contributed by atoms with E-state index in [0.717, 1.165) is 17.4 Å². The fraction of sp³-hybridized carbons (Fsp3) is 0.526. The van der Waals surface area contributed by atoms with E-state index >= 15 is 0 Å². The zero-order valence-electron chi connectivity index (χ0n) is 15.3. The van der Waals surface area contributed by atoms with Crippen molar-refractivity contribution in [2.45, 2.75) is 43.8 Å². The predicted molar refractivity (Wildman–Crippen MR) is 108 cm³/mol. The molecule has 8 heteroatoms. The molecule has 144 valence electrons. The van der Waals surface area contributed by atoms with Crippen LogP contribution in [0.15, 0.2) is 29.4 Å². The van der Waals surface area contributed by atoms with Gasteiger partial charge in [0.05, 0.1) is 5.75 Å². The van der Waals surface area contributed by atoms with Gasteiger partial charge in [-0.05, 0) is 68.2 Å². The number of halogens is 1. The molecule has 4 rings (SSSR count). The molecule has 6 nitrogen and oxygen atoms in total. The van der Waals surface area contributed by atoms with Crippen LogP contribution in [-0.2, 0) is 4.79 Å². The van der Waals surface area contributed by atoms with Crippen molar-refractivity contribution in [3.63, 3.8) is 0 Å². The zero-order valence-corrected chi connectivity index (χ0v) is 16.8. The summed E-state index contributed by atoms with van der Waals surface area (Å²) in [7, 11) is 0. The van der Waals surface area contributed by atoms with Crippen molar-refractivity contribution in [1.29, 1.82) is 0 Å². The minimum Gasteiger partial charge on any atom is -0.353 e. The second-order valence-corrected chi connectivity index (χ2v) is 9.05. The standard InChI is InChI=1S/C19H24ClN5OS/c1-11(16-9-12-2-3-14(16)8-12)22-17(26)10-27-19-24-23-18(25(19)21)13-4-6-15(20)7-5-13/h4-7,11-12,14,16H,2-3,8-10,21H2,1H3,(H,22,26). The second kappa shape index (κ2) is 7.72. The third kappa shape index (κ3) is 3.94. The molecular formula is C19H24ClN5OS. The zero-order chi connectivity index (χ0) is 19.0. The maximum atomic E-state index is 12.4. The molecular weight excluding hydrogens is 382 g/mol. The van der Waals surface area contributed by atoms with Crippen LogP contribution in [-0.4, -0.2) is 32.6 Å². The minimum atomic E-state index is 0.0197. The van der Waals surface area contributed by atoms with Crippen LogP contribution in [0.2, 0.25) is 5.02 Å². The fourth-order valence-electron chi connectivity index (χ4n) is 4.61. The van der Waals surface area contributed by atoms with Gasteiger partial charge in [-0.3, -0.25) is 4.79 Å². The lowest BCUT2D eigenvalue weighted by atomic mass is 9.84. The minimum absolute atomic E-state index is 0.0197. The number of aromatic nitrogens is 3. The van der Waals surface area contributed by atoms with Crippen molar-refractivity contribution in [2.75, 3.05) is 11.6 Å². The van der Waals surface area contributed by atoms with Gasteiger partial charge in [-0.2, -0.15) is 0 Å². The lowest BCUT2D eigenvalue weighted by Gasteiger charge is -2.28. The molecule has 2 saturated carbocycles. The summed E-state index contributed by atoms with van der Waals surface area (Å²) in [4.78, 5) is 12.4. The van der Waals surface area contributed by atoms with Crippen LogP contribution in [0.1, 0.15) is 32.6 Å². The third-order valence-corrected chi connectivity index (χ3v) is 7.12. The van der Waals surface area contributed by atoms with Crippen LogP contribution in [0.3, 0.4) is 0 Å². The number of nitrogens with two attached hydrogens (primary N) is 1. The first kappa shape index (κ1) is 18.6. The summed E-state index contributed by atoms with van der Waals surface area (Å²) >= 11 is 7.22. The predicted octanol–water partition coefficient (Wildman–Crippen LogP) is 3.35. The summed E-state index contributed by atoms with van der Waals surface area (Å²) in [5.74, 6) is 9.27. The average Bonchev–Trinajstić information content (AvgIpc) is 3.37. The van der Waals surface area contributed by atoms with Crippen LogP contribution in [0.25, 0.3) is 11.4 Å². The van der Waals surface area contributed by atoms with Crippen LogP contribution in [0, 0.1) is 17.8 Å². The Morgan fingerprint density at radius 1 is 1.33 bits per heavy atom. The van der Waals surface area contributed by atoms with Gasteiger partial charge in [-0.1, -0.05) is 29.8 Å². The summed E-state index contributed by atoms with van der Waals surface area (Å²) in [5, 5.41) is 12.6. The lowest BCUT2D eigenvalue weighted by Crippen LogP contribution is -2.41. The quantitative estimate of drug-likeness (QED) is 0.568. The number of fused-ring (bicyclic) bond motifs is 2. The van der Waals surface area contributed by atoms with E-state index in [1.165, 1.54) is 42.1 Å². The van der Waals surface area contributed by atoms with Gasteiger partial charge in [0.15, 0.2) is 5.82 Å². The second-order valence-electron chi connectivity index (χ2n) is 7.67. The highest BCUT2D eigenvalue weighted by molar-refractivity contribution is 7.99. The number of carbonyl (C=O) groups excluding carboxylic acids is 1. The van der Waals surface area contributed by atoms with Gasteiger partial charge in [-0.25, -0.2) is 4.68 Å². The van der Waals surface area contributed by atoms with Crippen molar-refractivity contribution >= 4 is 29.3 Å². The smallest absolute Gasteiger partial charge is 0.230 e. The number of nitrogen functional groups attached to an aromatic ring is 1. The Balaban J connectivity index is 1.32. The molecule has 2 aliphatic carbocycles. The average molecular weight is 406 g/mol. The van der Waals surface area contributed by atoms with Gasteiger partial charge in [0.1, 0.15) is 0 Å². The number of thioether (sulfide) groups is 1. The maximum Gasteiger partial charge on any atom is 0.230 e. The molecule has 4 atom stereocenters. The van der Waals surface area contributed by atoms with Crippen LogP contribution < -0.4 is 11.2 Å². The molecule has 2 fully saturated rings. The fourth-order valence-corrected chi connectivity index (χ4v) is 5.40. The number of benzene rings is 1. The first-order chi connectivity index (χ1) is 13.0. The van der Waals surface area contributed by atoms with Gasteiger partial charge in [-0.15, -0.1) is 10.2 Å². The van der Waals surface area contributed by atoms with Crippen molar-refractivity contribution in [3.8, 4) is 11.4 Å². The number of nitrogens with one attached hydrogen (secondary N) is 1. The molecule has 1 aromatic carbocycles. The van der Waals surface area contributed by atoms with E-state index in [4.69, 9.17) is 17.4 Å². The largest absolute Gasteiger partial charge is 0.353 e. The van der Waals surface area contributed by atoms with Gasteiger partial charge in [0.25, 0.3) is 0 Å². The number of hydrogen-bond acceptors (Lipinski definition) is 5. The summed E-state index contributed by atoms with van der Waals surface area (Å²) in [6.07, 6.45) is 5.32. The molecule has 0 aliphatic heterocycles. The number of nitrogens with zero attached hydrogens (tertiary/aromatic N) is 3. The maximum absolute atomic E-state index is 12.4. The first-order valence-electron chi connectivity index (χ1n) is 9.40. The van der Waals surface area contributed by atoms with Crippen LogP contribution in [0.5, 0.6) is 0 Å². The van der Waals surface area contributed by atoms with Crippen LogP contribution >= 0.6 is 23.4 Å². The van der Waals surface area contributed by atoms with Crippen molar-refractivity contribution < 1.29 is 4.79 Å². The Morgan fingerprint density at radius 3 is 2.78 bits per heavy atom. The normalized spacial score (nSPS) is 24.9.